The van der Waals surface area contributed by atoms with Crippen LogP contribution in [0.2, 0.25) is 0 Å². The van der Waals surface area contributed by atoms with Crippen LogP contribution in [0.3, 0.4) is 0 Å². The van der Waals surface area contributed by atoms with Crippen LogP contribution < -0.4 is 4.74 Å². The van der Waals surface area contributed by atoms with E-state index in [1.54, 1.807) is 6.92 Å². The minimum atomic E-state index is -3.00. The van der Waals surface area contributed by atoms with Crippen molar-refractivity contribution in [1.82, 2.24) is 4.90 Å². The third-order valence-electron chi connectivity index (χ3n) is 8.32. The lowest BCUT2D eigenvalue weighted by Crippen LogP contribution is -2.49. The third-order valence-corrected chi connectivity index (χ3v) is 10.0. The molecule has 3 aliphatic rings. The van der Waals surface area contributed by atoms with E-state index in [1.165, 1.54) is 17.2 Å². The molecule has 1 amide bonds. The number of fused-ring (bicyclic) bond motifs is 3. The first-order valence-electron chi connectivity index (χ1n) is 12.3. The number of ether oxygens (including phenoxy) is 1. The molecule has 8 heteroatoms. The van der Waals surface area contributed by atoms with Gasteiger partial charge in [-0.2, -0.15) is 0 Å². The zero-order chi connectivity index (χ0) is 25.0. The number of amides is 1. The van der Waals surface area contributed by atoms with Gasteiger partial charge in [-0.1, -0.05) is 13.0 Å². The van der Waals surface area contributed by atoms with Crippen molar-refractivity contribution in [2.45, 2.75) is 64.0 Å². The van der Waals surface area contributed by atoms with E-state index >= 15 is 0 Å². The summed E-state index contributed by atoms with van der Waals surface area (Å²) in [4.78, 5) is 15.3. The molecule has 188 valence electrons. The summed E-state index contributed by atoms with van der Waals surface area (Å²) < 4.78 is 57.0. The number of hydrogen-bond donors (Lipinski definition) is 0. The highest BCUT2D eigenvalue weighted by Crippen LogP contribution is 2.48. The van der Waals surface area contributed by atoms with Gasteiger partial charge in [-0.3, -0.25) is 4.79 Å². The summed E-state index contributed by atoms with van der Waals surface area (Å²) in [5.41, 5.74) is 3.09. The highest BCUT2D eigenvalue weighted by Gasteiger charge is 2.50. The lowest BCUT2D eigenvalue weighted by atomic mass is 9.68. The Bertz CT molecular complexity index is 1240. The summed E-state index contributed by atoms with van der Waals surface area (Å²) in [5.74, 6) is -0.455. The number of carbonyl (C=O) groups is 1. The molecule has 5 nitrogen and oxygen atoms in total. The van der Waals surface area contributed by atoms with Crippen molar-refractivity contribution in [2.24, 2.45) is 5.92 Å². The van der Waals surface area contributed by atoms with Crippen LogP contribution in [-0.4, -0.2) is 43.3 Å². The molecule has 0 N–H and O–H groups in total. The van der Waals surface area contributed by atoms with Crippen LogP contribution in [-0.2, 0) is 33.1 Å². The van der Waals surface area contributed by atoms with Crippen LogP contribution in [0.1, 0.15) is 54.9 Å². The fourth-order valence-electron chi connectivity index (χ4n) is 6.23. The molecule has 2 aliphatic heterocycles. The van der Waals surface area contributed by atoms with Gasteiger partial charge in [-0.05, 0) is 73.9 Å². The quantitative estimate of drug-likeness (QED) is 0.617. The van der Waals surface area contributed by atoms with Crippen molar-refractivity contribution in [3.63, 3.8) is 0 Å². The van der Waals surface area contributed by atoms with Gasteiger partial charge >= 0.3 is 0 Å². The average molecular weight is 504 g/mol. The second kappa shape index (κ2) is 8.87. The van der Waals surface area contributed by atoms with E-state index in [9.17, 15) is 22.0 Å². The molecule has 2 aromatic carbocycles. The molecule has 2 aromatic rings. The van der Waals surface area contributed by atoms with Crippen molar-refractivity contribution >= 4 is 15.7 Å². The lowest BCUT2D eigenvalue weighted by molar-refractivity contribution is -0.137. The van der Waals surface area contributed by atoms with Crippen molar-refractivity contribution in [3.05, 3.63) is 64.2 Å². The van der Waals surface area contributed by atoms with Gasteiger partial charge in [0.2, 0.25) is 5.91 Å². The van der Waals surface area contributed by atoms with E-state index in [4.69, 9.17) is 4.74 Å². The molecular weight excluding hydrogens is 472 g/mol. The van der Waals surface area contributed by atoms with Gasteiger partial charge in [0.25, 0.3) is 0 Å². The zero-order valence-electron chi connectivity index (χ0n) is 20.1. The molecule has 0 aromatic heterocycles. The Morgan fingerprint density at radius 2 is 1.89 bits per heavy atom. The van der Waals surface area contributed by atoms with E-state index in [2.05, 4.69) is 13.0 Å². The molecule has 2 atom stereocenters. The Morgan fingerprint density at radius 3 is 2.60 bits per heavy atom. The number of nitrogens with zero attached hydrogens (tertiary/aromatic N) is 1. The number of likely N-dealkylation sites (tertiary alicyclic amines) is 1. The van der Waals surface area contributed by atoms with Crippen LogP contribution in [0.15, 0.2) is 30.3 Å². The first-order chi connectivity index (χ1) is 16.6. The van der Waals surface area contributed by atoms with Crippen LogP contribution >= 0.6 is 0 Å². The first kappa shape index (κ1) is 24.2. The predicted molar refractivity (Wildman–Crippen MR) is 129 cm³/mol. The predicted octanol–water partition coefficient (Wildman–Crippen LogP) is 4.48. The maximum atomic E-state index is 14.2. The molecule has 0 unspecified atom stereocenters. The summed E-state index contributed by atoms with van der Waals surface area (Å²) in [5, 5.41) is 0. The number of sulfone groups is 1. The summed E-state index contributed by atoms with van der Waals surface area (Å²) in [6, 6.07) is 8.23. The van der Waals surface area contributed by atoms with Gasteiger partial charge in [0.1, 0.15) is 33.8 Å². The molecule has 5 rings (SSSR count). The largest absolute Gasteiger partial charge is 0.489 e. The van der Waals surface area contributed by atoms with Gasteiger partial charge in [-0.25, -0.2) is 17.2 Å². The van der Waals surface area contributed by atoms with Crippen molar-refractivity contribution < 1.29 is 26.7 Å². The monoisotopic (exact) mass is 503 g/mol. The smallest absolute Gasteiger partial charge is 0.226 e. The van der Waals surface area contributed by atoms with Gasteiger partial charge < -0.3 is 9.64 Å². The highest BCUT2D eigenvalue weighted by molar-refractivity contribution is 7.91. The van der Waals surface area contributed by atoms with Gasteiger partial charge in [0, 0.05) is 35.5 Å². The molecular formula is C27H31F2NO4S. The van der Waals surface area contributed by atoms with Crippen molar-refractivity contribution in [1.29, 1.82) is 0 Å². The summed E-state index contributed by atoms with van der Waals surface area (Å²) in [6.45, 7) is 4.59. The lowest BCUT2D eigenvalue weighted by Gasteiger charge is -2.42. The Balaban J connectivity index is 1.31. The number of carbonyl (C=O) groups excluding carboxylic acids is 1. The average Bonchev–Trinajstić information content (AvgIpc) is 3.15. The fourth-order valence-corrected chi connectivity index (χ4v) is 7.72. The van der Waals surface area contributed by atoms with E-state index in [0.717, 1.165) is 25.3 Å². The maximum absolute atomic E-state index is 14.2. The first-order valence-corrected chi connectivity index (χ1v) is 14.1. The van der Waals surface area contributed by atoms with E-state index in [-0.39, 0.29) is 41.4 Å². The van der Waals surface area contributed by atoms with Crippen molar-refractivity contribution in [2.75, 3.05) is 18.1 Å². The van der Waals surface area contributed by atoms with E-state index in [1.807, 2.05) is 17.0 Å². The van der Waals surface area contributed by atoms with Crippen LogP contribution in [0, 0.1) is 24.5 Å². The Hall–Kier alpha value is -2.48. The van der Waals surface area contributed by atoms with E-state index < -0.39 is 21.5 Å². The number of rotatable bonds is 4. The Morgan fingerprint density at radius 1 is 1.14 bits per heavy atom. The fraction of sp³-hybridized carbons (Fsp3) is 0.519. The second-order valence-corrected chi connectivity index (χ2v) is 12.8. The number of hydrogen-bond acceptors (Lipinski definition) is 4. The van der Waals surface area contributed by atoms with Gasteiger partial charge in [0.05, 0.1) is 11.5 Å². The summed E-state index contributed by atoms with van der Waals surface area (Å²) in [6.07, 6.45) is 3.36. The zero-order valence-corrected chi connectivity index (χ0v) is 21.0. The molecule has 2 saturated heterocycles. The topological polar surface area (TPSA) is 63.7 Å². The molecule has 0 radical (unpaired) electrons. The number of aryl methyl sites for hydroxylation is 2. The summed E-state index contributed by atoms with van der Waals surface area (Å²) >= 11 is 0. The van der Waals surface area contributed by atoms with Gasteiger partial charge in [-0.15, -0.1) is 0 Å². The Kier molecular flexibility index (Phi) is 6.14. The SMILES string of the molecule is Cc1cc(F)cc(F)c1COc1ccc2c(c1)CC[C@H]1N(C(=O)C3CCS(=O)(=O)CC3)CC[C@@]21C. The number of benzene rings is 2. The third kappa shape index (κ3) is 4.46. The molecule has 0 bridgehead atoms. The molecule has 35 heavy (non-hydrogen) atoms. The standard InChI is InChI=1S/C27H31F2NO4S/c1-17-13-20(28)15-24(29)22(17)16-34-21-4-5-23-19(14-21)3-6-25-27(23,2)9-10-30(25)26(31)18-7-11-35(32,33)12-8-18/h4-5,13-15,18,25H,3,6-12,16H2,1-2H3/t25-,27+/m1/s1. The van der Waals surface area contributed by atoms with Crippen molar-refractivity contribution in [3.8, 4) is 5.75 Å². The number of halogens is 2. The second-order valence-electron chi connectivity index (χ2n) is 10.5. The minimum absolute atomic E-state index is 0.0238. The molecule has 1 aliphatic carbocycles. The van der Waals surface area contributed by atoms with Crippen LogP contribution in [0.25, 0.3) is 0 Å². The van der Waals surface area contributed by atoms with E-state index in [0.29, 0.717) is 36.3 Å². The highest BCUT2D eigenvalue weighted by atomic mass is 32.2. The Labute approximate surface area is 205 Å². The van der Waals surface area contributed by atoms with Crippen LogP contribution in [0.5, 0.6) is 5.75 Å². The molecule has 0 saturated carbocycles. The maximum Gasteiger partial charge on any atom is 0.226 e. The normalized spacial score (nSPS) is 25.7. The molecule has 2 heterocycles. The minimum Gasteiger partial charge on any atom is -0.489 e. The summed E-state index contributed by atoms with van der Waals surface area (Å²) in [7, 11) is -3.00. The van der Waals surface area contributed by atoms with Crippen LogP contribution in [0.4, 0.5) is 8.78 Å². The van der Waals surface area contributed by atoms with Gasteiger partial charge in [0.15, 0.2) is 0 Å². The molecule has 0 spiro atoms. The molecule has 2 fully saturated rings.